The van der Waals surface area contributed by atoms with Crippen LogP contribution in [0.5, 0.6) is 0 Å². The molecule has 0 unspecified atom stereocenters. The number of pyridine rings is 1. The third-order valence-corrected chi connectivity index (χ3v) is 5.62. The topological polar surface area (TPSA) is 36.2 Å². The molecule has 2 aromatic rings. The van der Waals surface area contributed by atoms with Gasteiger partial charge in [-0.3, -0.25) is 4.79 Å². The number of para-hydroxylation sites is 1. The summed E-state index contributed by atoms with van der Waals surface area (Å²) in [6.45, 7) is 5.17. The number of rotatable bonds is 2. The van der Waals surface area contributed by atoms with Crippen molar-refractivity contribution in [2.45, 2.75) is 31.3 Å². The smallest absolute Gasteiger partial charge is 0.223 e. The molecule has 128 valence electrons. The zero-order valence-corrected chi connectivity index (χ0v) is 15.0. The fraction of sp³-hybridized carbons (Fsp3) is 0.333. The molecule has 0 aliphatic carbocycles. The normalized spacial score (nSPS) is 24.1. The number of hydrogen-bond acceptors (Lipinski definition) is 2. The summed E-state index contributed by atoms with van der Waals surface area (Å²) in [5.41, 5.74) is 2.84. The first kappa shape index (κ1) is 15.9. The van der Waals surface area contributed by atoms with Gasteiger partial charge in [-0.1, -0.05) is 32.0 Å². The van der Waals surface area contributed by atoms with Crippen molar-refractivity contribution in [2.24, 2.45) is 7.05 Å². The SMILES string of the molecule is C[n+]1cccc(/C=C/[C@]23NC(=O)CCN2c2ccccc2C3(C)C)c1. The van der Waals surface area contributed by atoms with Crippen molar-refractivity contribution in [3.63, 3.8) is 0 Å². The Labute approximate surface area is 148 Å². The van der Waals surface area contributed by atoms with E-state index in [0.717, 1.165) is 12.1 Å². The van der Waals surface area contributed by atoms with Crippen molar-refractivity contribution in [3.05, 3.63) is 66.0 Å². The lowest BCUT2D eigenvalue weighted by Crippen LogP contribution is -2.68. The molecule has 4 heteroatoms. The molecule has 0 radical (unpaired) electrons. The van der Waals surface area contributed by atoms with Gasteiger partial charge in [-0.15, -0.1) is 0 Å². The summed E-state index contributed by atoms with van der Waals surface area (Å²) >= 11 is 0. The lowest BCUT2D eigenvalue weighted by atomic mass is 9.74. The first-order chi connectivity index (χ1) is 11.9. The molecule has 0 bridgehead atoms. The molecule has 4 rings (SSSR count). The first-order valence-electron chi connectivity index (χ1n) is 8.77. The molecule has 4 nitrogen and oxygen atoms in total. The summed E-state index contributed by atoms with van der Waals surface area (Å²) in [5, 5.41) is 3.31. The number of carbonyl (C=O) groups excluding carboxylic acids is 1. The van der Waals surface area contributed by atoms with Gasteiger partial charge < -0.3 is 10.2 Å². The van der Waals surface area contributed by atoms with Crippen LogP contribution in [0.3, 0.4) is 0 Å². The van der Waals surface area contributed by atoms with Crippen molar-refractivity contribution in [2.75, 3.05) is 11.4 Å². The Balaban J connectivity index is 1.85. The zero-order valence-electron chi connectivity index (χ0n) is 15.0. The van der Waals surface area contributed by atoms with Gasteiger partial charge in [-0.2, -0.15) is 0 Å². The summed E-state index contributed by atoms with van der Waals surface area (Å²) in [5.74, 6) is 0.111. The maximum absolute atomic E-state index is 12.3. The van der Waals surface area contributed by atoms with Crippen molar-refractivity contribution in [1.29, 1.82) is 0 Å². The molecule has 25 heavy (non-hydrogen) atoms. The predicted octanol–water partition coefficient (Wildman–Crippen LogP) is 2.54. The van der Waals surface area contributed by atoms with E-state index in [-0.39, 0.29) is 11.3 Å². The molecule has 1 N–H and O–H groups in total. The maximum Gasteiger partial charge on any atom is 0.223 e. The van der Waals surface area contributed by atoms with Gasteiger partial charge in [0.25, 0.3) is 0 Å². The van der Waals surface area contributed by atoms with E-state index in [9.17, 15) is 4.79 Å². The number of hydrogen-bond donors (Lipinski definition) is 1. The Morgan fingerprint density at radius 2 is 2.00 bits per heavy atom. The third kappa shape index (κ3) is 2.28. The largest absolute Gasteiger partial charge is 0.344 e. The molecule has 1 saturated heterocycles. The van der Waals surface area contributed by atoms with E-state index in [0.29, 0.717) is 6.42 Å². The molecular formula is C21H24N3O+. The Kier molecular flexibility index (Phi) is 3.46. The fourth-order valence-electron chi connectivity index (χ4n) is 4.25. The summed E-state index contributed by atoms with van der Waals surface area (Å²) in [6.07, 6.45) is 8.91. The fourth-order valence-corrected chi connectivity index (χ4v) is 4.25. The van der Waals surface area contributed by atoms with E-state index in [1.165, 1.54) is 11.3 Å². The van der Waals surface area contributed by atoms with Crippen LogP contribution in [-0.2, 0) is 17.3 Å². The standard InChI is InChI=1S/C21H23N3O/c1-20(2)17-8-4-5-9-18(17)24-14-11-19(25)22-21(20,24)12-10-16-7-6-13-23(3)15-16/h4-10,12-13,15H,11,14H2,1-3H3/p+1/b12-10+/t21-/m0/s1. The predicted molar refractivity (Wildman–Crippen MR) is 99.0 cm³/mol. The zero-order chi connectivity index (χ0) is 17.7. The molecule has 1 aromatic heterocycles. The van der Waals surface area contributed by atoms with Crippen LogP contribution in [0.25, 0.3) is 6.08 Å². The summed E-state index contributed by atoms with van der Waals surface area (Å²) < 4.78 is 2.03. The average molecular weight is 334 g/mol. The van der Waals surface area contributed by atoms with Crippen LogP contribution in [0, 0.1) is 0 Å². The number of benzene rings is 1. The van der Waals surface area contributed by atoms with E-state index in [4.69, 9.17) is 0 Å². The van der Waals surface area contributed by atoms with E-state index in [2.05, 4.69) is 72.7 Å². The van der Waals surface area contributed by atoms with Crippen LogP contribution in [0.15, 0.2) is 54.9 Å². The number of nitrogens with one attached hydrogen (secondary N) is 1. The number of carbonyl (C=O) groups is 1. The van der Waals surface area contributed by atoms with Crippen molar-refractivity contribution in [3.8, 4) is 0 Å². The molecular weight excluding hydrogens is 310 g/mol. The lowest BCUT2D eigenvalue weighted by molar-refractivity contribution is -0.671. The quantitative estimate of drug-likeness (QED) is 0.857. The highest BCUT2D eigenvalue weighted by atomic mass is 16.2. The molecule has 1 amide bonds. The van der Waals surface area contributed by atoms with Gasteiger partial charge in [-0.25, -0.2) is 4.57 Å². The highest BCUT2D eigenvalue weighted by Gasteiger charge is 2.57. The van der Waals surface area contributed by atoms with Crippen LogP contribution >= 0.6 is 0 Å². The van der Waals surface area contributed by atoms with Crippen LogP contribution in [-0.4, -0.2) is 18.1 Å². The molecule has 2 aliphatic rings. The Bertz CT molecular complexity index is 871. The molecule has 1 atom stereocenters. The van der Waals surface area contributed by atoms with Gasteiger partial charge in [0.15, 0.2) is 12.4 Å². The summed E-state index contributed by atoms with van der Waals surface area (Å²) in [4.78, 5) is 14.7. The first-order valence-corrected chi connectivity index (χ1v) is 8.77. The van der Waals surface area contributed by atoms with Gasteiger partial charge >= 0.3 is 0 Å². The van der Waals surface area contributed by atoms with E-state index in [1.807, 2.05) is 23.9 Å². The van der Waals surface area contributed by atoms with Crippen molar-refractivity contribution < 1.29 is 9.36 Å². The van der Waals surface area contributed by atoms with Crippen LogP contribution < -0.4 is 14.8 Å². The Morgan fingerprint density at radius 1 is 1.20 bits per heavy atom. The molecule has 0 spiro atoms. The monoisotopic (exact) mass is 334 g/mol. The number of nitrogens with zero attached hydrogens (tertiary/aromatic N) is 2. The summed E-state index contributed by atoms with van der Waals surface area (Å²) in [6, 6.07) is 12.6. The van der Waals surface area contributed by atoms with Gasteiger partial charge in [0, 0.05) is 35.7 Å². The highest BCUT2D eigenvalue weighted by molar-refractivity contribution is 5.84. The van der Waals surface area contributed by atoms with Crippen LogP contribution in [0.1, 0.15) is 31.4 Å². The number of fused-ring (bicyclic) bond motifs is 3. The number of aryl methyl sites for hydroxylation is 1. The maximum atomic E-state index is 12.3. The third-order valence-electron chi connectivity index (χ3n) is 5.62. The molecule has 2 aliphatic heterocycles. The molecule has 3 heterocycles. The Hall–Kier alpha value is -2.62. The molecule has 1 aromatic carbocycles. The number of anilines is 1. The van der Waals surface area contributed by atoms with Gasteiger partial charge in [0.05, 0.1) is 0 Å². The van der Waals surface area contributed by atoms with Crippen LogP contribution in [0.4, 0.5) is 5.69 Å². The van der Waals surface area contributed by atoms with Gasteiger partial charge in [-0.05, 0) is 29.8 Å². The second kappa shape index (κ2) is 5.45. The molecule has 0 saturated carbocycles. The lowest BCUT2D eigenvalue weighted by Gasteiger charge is -2.49. The van der Waals surface area contributed by atoms with E-state index in [1.54, 1.807) is 0 Å². The summed E-state index contributed by atoms with van der Waals surface area (Å²) in [7, 11) is 2.01. The molecule has 1 fully saturated rings. The van der Waals surface area contributed by atoms with Crippen molar-refractivity contribution in [1.82, 2.24) is 5.32 Å². The highest BCUT2D eigenvalue weighted by Crippen LogP contribution is 2.52. The number of amides is 1. The second-order valence-electron chi connectivity index (χ2n) is 7.49. The Morgan fingerprint density at radius 3 is 2.80 bits per heavy atom. The number of aromatic nitrogens is 1. The van der Waals surface area contributed by atoms with Crippen molar-refractivity contribution >= 4 is 17.7 Å². The van der Waals surface area contributed by atoms with E-state index < -0.39 is 5.66 Å². The van der Waals surface area contributed by atoms with Crippen LogP contribution in [0.2, 0.25) is 0 Å². The van der Waals surface area contributed by atoms with Gasteiger partial charge in [0.2, 0.25) is 5.91 Å². The van der Waals surface area contributed by atoms with E-state index >= 15 is 0 Å². The second-order valence-corrected chi connectivity index (χ2v) is 7.49. The van der Waals surface area contributed by atoms with Gasteiger partial charge in [0.1, 0.15) is 12.7 Å². The average Bonchev–Trinajstić information content (AvgIpc) is 2.78. The minimum absolute atomic E-state index is 0.111. The minimum Gasteiger partial charge on any atom is -0.344 e. The minimum atomic E-state index is -0.541.